The maximum Gasteiger partial charge on any atom is 0.490 e. The predicted octanol–water partition coefficient (Wildman–Crippen LogP) is 2.00. The van der Waals surface area contributed by atoms with Crippen molar-refractivity contribution in [2.24, 2.45) is 11.8 Å². The smallest absolute Gasteiger partial charge is 0.475 e. The second-order valence-corrected chi connectivity index (χ2v) is 8.36. The summed E-state index contributed by atoms with van der Waals surface area (Å²) in [5.41, 5.74) is 0. The van der Waals surface area contributed by atoms with Gasteiger partial charge in [-0.05, 0) is 25.2 Å². The largest absolute Gasteiger partial charge is 0.490 e. The molecule has 3 aliphatic rings. The Bertz CT molecular complexity index is 749. The predicted molar refractivity (Wildman–Crippen MR) is 104 cm³/mol. The van der Waals surface area contributed by atoms with Crippen molar-refractivity contribution < 1.29 is 32.6 Å². The van der Waals surface area contributed by atoms with Crippen molar-refractivity contribution in [1.82, 2.24) is 19.4 Å². The number of rotatable bonds is 4. The highest BCUT2D eigenvalue weighted by Gasteiger charge is 2.38. The molecule has 1 atom stereocenters. The number of aromatic nitrogens is 2. The molecule has 0 radical (unpaired) electrons. The minimum Gasteiger partial charge on any atom is -0.475 e. The van der Waals surface area contributed by atoms with E-state index in [0.717, 1.165) is 77.1 Å². The van der Waals surface area contributed by atoms with Gasteiger partial charge in [0, 0.05) is 70.7 Å². The summed E-state index contributed by atoms with van der Waals surface area (Å²) in [5, 5.41) is 7.12. The topological polar surface area (TPSA) is 87.9 Å². The van der Waals surface area contributed by atoms with Crippen LogP contribution in [0.25, 0.3) is 0 Å². The molecule has 1 N–H and O–H groups in total. The van der Waals surface area contributed by atoms with Crippen LogP contribution in [0, 0.1) is 11.8 Å². The Balaban J connectivity index is 0.000000339. The molecular formula is C20H29F3N4O4. The van der Waals surface area contributed by atoms with Gasteiger partial charge < -0.3 is 19.3 Å². The number of halogens is 3. The maximum atomic E-state index is 12.0. The van der Waals surface area contributed by atoms with Crippen molar-refractivity contribution in [3.8, 4) is 0 Å². The van der Waals surface area contributed by atoms with Gasteiger partial charge in [-0.1, -0.05) is 0 Å². The highest BCUT2D eigenvalue weighted by Crippen LogP contribution is 2.23. The van der Waals surface area contributed by atoms with Gasteiger partial charge in [0.1, 0.15) is 5.82 Å². The van der Waals surface area contributed by atoms with Crippen LogP contribution in [-0.4, -0.2) is 81.9 Å². The Morgan fingerprint density at radius 2 is 1.90 bits per heavy atom. The summed E-state index contributed by atoms with van der Waals surface area (Å²) in [7, 11) is 0. The first kappa shape index (κ1) is 23.5. The van der Waals surface area contributed by atoms with Crippen LogP contribution in [0.2, 0.25) is 0 Å². The molecule has 1 aromatic heterocycles. The number of carboxylic acids is 1. The first-order chi connectivity index (χ1) is 14.7. The van der Waals surface area contributed by atoms with Gasteiger partial charge in [-0.15, -0.1) is 0 Å². The minimum absolute atomic E-state index is 0.334. The normalized spacial score (nSPS) is 23.1. The third-order valence-corrected chi connectivity index (χ3v) is 5.89. The summed E-state index contributed by atoms with van der Waals surface area (Å²) in [4.78, 5) is 30.1. The summed E-state index contributed by atoms with van der Waals surface area (Å²) in [5.74, 6) is -0.0393. The molecule has 0 saturated carbocycles. The molecule has 2 saturated heterocycles. The van der Waals surface area contributed by atoms with Crippen molar-refractivity contribution >= 4 is 11.9 Å². The number of fused-ring (bicyclic) bond motifs is 1. The first-order valence-corrected chi connectivity index (χ1v) is 10.6. The van der Waals surface area contributed by atoms with Crippen LogP contribution in [0.15, 0.2) is 12.4 Å². The molecule has 3 aliphatic heterocycles. The first-order valence-electron chi connectivity index (χ1n) is 10.6. The van der Waals surface area contributed by atoms with Crippen LogP contribution in [0.5, 0.6) is 0 Å². The Morgan fingerprint density at radius 1 is 1.19 bits per heavy atom. The van der Waals surface area contributed by atoms with E-state index in [4.69, 9.17) is 14.6 Å². The molecule has 8 nitrogen and oxygen atoms in total. The van der Waals surface area contributed by atoms with Gasteiger partial charge >= 0.3 is 12.1 Å². The highest BCUT2D eigenvalue weighted by molar-refractivity contribution is 5.78. The highest BCUT2D eigenvalue weighted by atomic mass is 19.4. The van der Waals surface area contributed by atoms with Gasteiger partial charge in [0.2, 0.25) is 5.91 Å². The number of likely N-dealkylation sites (tertiary alicyclic amines) is 1. The second kappa shape index (κ2) is 10.4. The van der Waals surface area contributed by atoms with E-state index in [0.29, 0.717) is 11.8 Å². The van der Waals surface area contributed by atoms with Gasteiger partial charge in [0.25, 0.3) is 0 Å². The van der Waals surface area contributed by atoms with Crippen LogP contribution in [0.1, 0.15) is 31.5 Å². The summed E-state index contributed by atoms with van der Waals surface area (Å²) < 4.78 is 39.5. The van der Waals surface area contributed by atoms with Gasteiger partial charge in [-0.3, -0.25) is 9.69 Å². The number of nitrogens with zero attached hydrogens (tertiary/aromatic N) is 4. The molecular weight excluding hydrogens is 417 g/mol. The molecule has 11 heteroatoms. The standard InChI is InChI=1S/C18H28N4O2.C2HF3O2/c23-18-2-1-6-22(18)13-16-11-20(10-15-3-8-24-9-4-15)14-17-19-5-7-21(17)12-16;3-2(4,5)1(6)7/h5,7,15-16H,1-4,6,8-14H2;(H,6,7). The number of carbonyl (C=O) groups excluding carboxylic acids is 1. The van der Waals surface area contributed by atoms with Crippen LogP contribution in [0.3, 0.4) is 0 Å². The number of imidazole rings is 1. The Kier molecular flexibility index (Phi) is 7.93. The van der Waals surface area contributed by atoms with E-state index in [1.807, 2.05) is 6.20 Å². The van der Waals surface area contributed by atoms with E-state index in [1.54, 1.807) is 0 Å². The van der Waals surface area contributed by atoms with Crippen molar-refractivity contribution in [3.05, 3.63) is 18.2 Å². The van der Waals surface area contributed by atoms with Crippen molar-refractivity contribution in [2.45, 2.75) is 44.9 Å². The lowest BCUT2D eigenvalue weighted by Gasteiger charge is -2.31. The van der Waals surface area contributed by atoms with Crippen LogP contribution < -0.4 is 0 Å². The monoisotopic (exact) mass is 446 g/mol. The maximum absolute atomic E-state index is 12.0. The van der Waals surface area contributed by atoms with Gasteiger partial charge in [-0.25, -0.2) is 9.78 Å². The Labute approximate surface area is 179 Å². The van der Waals surface area contributed by atoms with E-state index >= 15 is 0 Å². The molecule has 0 aromatic carbocycles. The van der Waals surface area contributed by atoms with Crippen molar-refractivity contribution in [1.29, 1.82) is 0 Å². The van der Waals surface area contributed by atoms with Crippen LogP contribution in [0.4, 0.5) is 13.2 Å². The number of ether oxygens (including phenoxy) is 1. The van der Waals surface area contributed by atoms with Gasteiger partial charge in [0.05, 0.1) is 6.54 Å². The Hall–Kier alpha value is -2.14. The number of carbonyl (C=O) groups is 2. The fourth-order valence-corrected chi connectivity index (χ4v) is 4.38. The molecule has 2 fully saturated rings. The summed E-state index contributed by atoms with van der Waals surface area (Å²) in [6.07, 6.45) is 3.00. The molecule has 31 heavy (non-hydrogen) atoms. The summed E-state index contributed by atoms with van der Waals surface area (Å²) >= 11 is 0. The van der Waals surface area contributed by atoms with Crippen molar-refractivity contribution in [3.63, 3.8) is 0 Å². The molecule has 0 bridgehead atoms. The average Bonchev–Trinajstić information content (AvgIpc) is 3.27. The molecule has 1 unspecified atom stereocenters. The molecule has 4 rings (SSSR count). The lowest BCUT2D eigenvalue weighted by Crippen LogP contribution is -2.39. The quantitative estimate of drug-likeness (QED) is 0.761. The number of aliphatic carboxylic acids is 1. The van der Waals surface area contributed by atoms with Crippen LogP contribution >= 0.6 is 0 Å². The number of alkyl halides is 3. The lowest BCUT2D eigenvalue weighted by molar-refractivity contribution is -0.192. The van der Waals surface area contributed by atoms with E-state index in [-0.39, 0.29) is 0 Å². The SMILES string of the molecule is O=C(O)C(F)(F)F.O=C1CCCN1CC1CN(CC2CCOCC2)Cc2nccn2C1. The number of hydrogen-bond acceptors (Lipinski definition) is 5. The Morgan fingerprint density at radius 3 is 2.52 bits per heavy atom. The zero-order chi connectivity index (χ0) is 22.4. The van der Waals surface area contributed by atoms with Gasteiger partial charge in [0.15, 0.2) is 0 Å². The molecule has 174 valence electrons. The molecule has 0 spiro atoms. The lowest BCUT2D eigenvalue weighted by atomic mass is 9.99. The molecule has 1 amide bonds. The van der Waals surface area contributed by atoms with E-state index < -0.39 is 12.1 Å². The van der Waals surface area contributed by atoms with Crippen molar-refractivity contribution in [2.75, 3.05) is 39.4 Å². The molecule has 4 heterocycles. The third kappa shape index (κ3) is 6.93. The minimum atomic E-state index is -5.08. The van der Waals surface area contributed by atoms with E-state index in [2.05, 4.69) is 25.5 Å². The van der Waals surface area contributed by atoms with E-state index in [1.165, 1.54) is 12.8 Å². The average molecular weight is 446 g/mol. The summed E-state index contributed by atoms with van der Waals surface area (Å²) in [6, 6.07) is 0. The third-order valence-electron chi connectivity index (χ3n) is 5.89. The molecule has 1 aromatic rings. The number of carboxylic acid groups (broad SMARTS) is 1. The molecule has 0 aliphatic carbocycles. The second-order valence-electron chi connectivity index (χ2n) is 8.36. The zero-order valence-electron chi connectivity index (χ0n) is 17.4. The number of amides is 1. The van der Waals surface area contributed by atoms with Gasteiger partial charge in [-0.2, -0.15) is 13.2 Å². The van der Waals surface area contributed by atoms with E-state index in [9.17, 15) is 18.0 Å². The van der Waals surface area contributed by atoms with Crippen LogP contribution in [-0.2, 0) is 27.4 Å². The fraction of sp³-hybridized carbons (Fsp3) is 0.750. The fourth-order valence-electron chi connectivity index (χ4n) is 4.38. The summed E-state index contributed by atoms with van der Waals surface area (Å²) in [6.45, 7) is 7.72. The number of hydrogen-bond donors (Lipinski definition) is 1. The zero-order valence-corrected chi connectivity index (χ0v) is 17.4.